The molecule has 0 saturated heterocycles. The van der Waals surface area contributed by atoms with Crippen LogP contribution in [0.25, 0.3) is 22.6 Å². The number of oxazole rings is 1. The Morgan fingerprint density at radius 1 is 1.16 bits per heavy atom. The Bertz CT molecular complexity index is 786. The molecule has 0 aliphatic rings. The number of rotatable bonds is 1. The van der Waals surface area contributed by atoms with E-state index in [9.17, 15) is 5.11 Å². The van der Waals surface area contributed by atoms with E-state index in [1.807, 2.05) is 0 Å². The summed E-state index contributed by atoms with van der Waals surface area (Å²) in [6, 6.07) is 3.14. The summed E-state index contributed by atoms with van der Waals surface area (Å²) in [5, 5.41) is 10.2. The monoisotopic (exact) mass is 314 g/mol. The van der Waals surface area contributed by atoms with Crippen molar-refractivity contribution in [2.24, 2.45) is 0 Å². The van der Waals surface area contributed by atoms with E-state index in [0.717, 1.165) is 0 Å². The van der Waals surface area contributed by atoms with E-state index in [1.165, 1.54) is 12.3 Å². The smallest absolute Gasteiger partial charge is 0.229 e. The van der Waals surface area contributed by atoms with E-state index >= 15 is 0 Å². The van der Waals surface area contributed by atoms with E-state index in [4.69, 9.17) is 39.2 Å². The fraction of sp³-hybridized carbons (Fsp3) is 0. The first-order valence-corrected chi connectivity index (χ1v) is 6.28. The number of aromatic nitrogens is 2. The van der Waals surface area contributed by atoms with Crippen molar-refractivity contribution in [1.82, 2.24) is 9.97 Å². The lowest BCUT2D eigenvalue weighted by Crippen LogP contribution is -1.80. The van der Waals surface area contributed by atoms with Crippen molar-refractivity contribution in [3.05, 3.63) is 39.6 Å². The summed E-state index contributed by atoms with van der Waals surface area (Å²) in [6.07, 6.45) is 3.06. The highest BCUT2D eigenvalue weighted by Gasteiger charge is 2.17. The Labute approximate surface area is 122 Å². The van der Waals surface area contributed by atoms with E-state index in [1.54, 1.807) is 12.3 Å². The summed E-state index contributed by atoms with van der Waals surface area (Å²) >= 11 is 17.8. The van der Waals surface area contributed by atoms with Crippen molar-refractivity contribution in [3.63, 3.8) is 0 Å². The van der Waals surface area contributed by atoms with Gasteiger partial charge in [0.25, 0.3) is 0 Å². The molecule has 3 rings (SSSR count). The molecule has 0 saturated carbocycles. The Morgan fingerprint density at radius 3 is 2.68 bits per heavy atom. The minimum Gasteiger partial charge on any atom is -0.505 e. The Kier molecular flexibility index (Phi) is 3.01. The average molecular weight is 316 g/mol. The van der Waals surface area contributed by atoms with Gasteiger partial charge >= 0.3 is 0 Å². The number of hydrogen-bond donors (Lipinski definition) is 1. The lowest BCUT2D eigenvalue weighted by Gasteiger charge is -1.98. The molecule has 0 radical (unpaired) electrons. The van der Waals surface area contributed by atoms with E-state index in [0.29, 0.717) is 16.1 Å². The van der Waals surface area contributed by atoms with Gasteiger partial charge in [0, 0.05) is 12.4 Å². The van der Waals surface area contributed by atoms with Crippen LogP contribution < -0.4 is 0 Å². The lowest BCUT2D eigenvalue weighted by molar-refractivity contribution is 0.475. The maximum atomic E-state index is 9.65. The molecule has 0 aliphatic carbocycles. The summed E-state index contributed by atoms with van der Waals surface area (Å²) in [5.41, 5.74) is 1.28. The summed E-state index contributed by atoms with van der Waals surface area (Å²) in [7, 11) is 0. The van der Waals surface area contributed by atoms with Gasteiger partial charge in [0.2, 0.25) is 5.89 Å². The number of pyridine rings is 1. The molecule has 7 heteroatoms. The zero-order valence-electron chi connectivity index (χ0n) is 9.19. The van der Waals surface area contributed by atoms with Gasteiger partial charge in [0.05, 0.1) is 15.6 Å². The number of hydrogen-bond acceptors (Lipinski definition) is 4. The molecular formula is C12H5Cl3N2O2. The van der Waals surface area contributed by atoms with Crippen LogP contribution in [0.3, 0.4) is 0 Å². The molecule has 0 amide bonds. The molecule has 0 fully saturated rings. The Morgan fingerprint density at radius 2 is 1.95 bits per heavy atom. The third-order valence-electron chi connectivity index (χ3n) is 2.55. The summed E-state index contributed by atoms with van der Waals surface area (Å²) < 4.78 is 5.53. The van der Waals surface area contributed by atoms with Gasteiger partial charge in [-0.25, -0.2) is 4.98 Å². The second-order valence-corrected chi connectivity index (χ2v) is 4.94. The van der Waals surface area contributed by atoms with Gasteiger partial charge < -0.3 is 9.52 Å². The van der Waals surface area contributed by atoms with Gasteiger partial charge in [-0.05, 0) is 12.1 Å². The van der Waals surface area contributed by atoms with Crippen LogP contribution in [0.5, 0.6) is 5.75 Å². The van der Waals surface area contributed by atoms with Crippen molar-refractivity contribution < 1.29 is 9.52 Å². The minimum atomic E-state index is -0.237. The largest absolute Gasteiger partial charge is 0.505 e. The third-order valence-corrected chi connectivity index (χ3v) is 3.49. The van der Waals surface area contributed by atoms with E-state index in [-0.39, 0.29) is 27.3 Å². The van der Waals surface area contributed by atoms with Gasteiger partial charge in [0.1, 0.15) is 10.5 Å². The van der Waals surface area contributed by atoms with Gasteiger partial charge in [-0.15, -0.1) is 0 Å². The second-order valence-electron chi connectivity index (χ2n) is 3.74. The molecule has 0 bridgehead atoms. The number of fused-ring (bicyclic) bond motifs is 1. The molecule has 0 spiro atoms. The van der Waals surface area contributed by atoms with Crippen LogP contribution >= 0.6 is 34.8 Å². The van der Waals surface area contributed by atoms with E-state index in [2.05, 4.69) is 9.97 Å². The van der Waals surface area contributed by atoms with Crippen molar-refractivity contribution in [1.29, 1.82) is 0 Å². The zero-order valence-corrected chi connectivity index (χ0v) is 11.5. The van der Waals surface area contributed by atoms with Crippen molar-refractivity contribution in [3.8, 4) is 17.2 Å². The average Bonchev–Trinajstić information content (AvgIpc) is 2.80. The summed E-state index contributed by atoms with van der Waals surface area (Å²) in [4.78, 5) is 8.13. The van der Waals surface area contributed by atoms with Crippen LogP contribution in [-0.2, 0) is 0 Å². The molecule has 19 heavy (non-hydrogen) atoms. The molecule has 0 unspecified atom stereocenters. The van der Waals surface area contributed by atoms with Crippen LogP contribution in [-0.4, -0.2) is 15.1 Å². The zero-order chi connectivity index (χ0) is 13.6. The number of halogens is 3. The lowest BCUT2D eigenvalue weighted by atomic mass is 10.3. The Balaban J connectivity index is 2.29. The number of phenols is 1. The standard InChI is InChI=1S/C12H5Cl3N2O2/c13-6-3-8-11(9(15)10(6)18)19-12(17-8)5-1-2-16-4-7(5)14/h1-4,18H. The predicted octanol–water partition coefficient (Wildman–Crippen LogP) is 4.56. The SMILES string of the molecule is Oc1c(Cl)cc2nc(-c3ccncc3Cl)oc2c1Cl. The number of benzene rings is 1. The van der Waals surface area contributed by atoms with Crippen LogP contribution in [0, 0.1) is 0 Å². The first-order chi connectivity index (χ1) is 9.08. The normalized spacial score (nSPS) is 11.1. The minimum absolute atomic E-state index is 0.0198. The van der Waals surface area contributed by atoms with Crippen LogP contribution in [0.1, 0.15) is 0 Å². The maximum Gasteiger partial charge on any atom is 0.229 e. The predicted molar refractivity (Wildman–Crippen MR) is 73.9 cm³/mol. The van der Waals surface area contributed by atoms with Crippen molar-refractivity contribution in [2.75, 3.05) is 0 Å². The molecule has 1 N–H and O–H groups in total. The molecule has 96 valence electrons. The van der Waals surface area contributed by atoms with Crippen LogP contribution in [0.15, 0.2) is 28.9 Å². The first-order valence-electron chi connectivity index (χ1n) is 5.15. The van der Waals surface area contributed by atoms with Gasteiger partial charge in [-0.1, -0.05) is 34.8 Å². The molecule has 0 atom stereocenters. The maximum absolute atomic E-state index is 9.65. The second kappa shape index (κ2) is 4.56. The molecular weight excluding hydrogens is 311 g/mol. The van der Waals surface area contributed by atoms with Crippen molar-refractivity contribution in [2.45, 2.75) is 0 Å². The van der Waals surface area contributed by atoms with Crippen molar-refractivity contribution >= 4 is 45.9 Å². The highest BCUT2D eigenvalue weighted by molar-refractivity contribution is 6.40. The third kappa shape index (κ3) is 2.02. The first kappa shape index (κ1) is 12.5. The number of aromatic hydroxyl groups is 1. The number of nitrogens with zero attached hydrogens (tertiary/aromatic N) is 2. The van der Waals surface area contributed by atoms with Gasteiger partial charge in [-0.3, -0.25) is 4.98 Å². The summed E-state index contributed by atoms with van der Waals surface area (Å²) in [5.74, 6) is 0.0466. The topological polar surface area (TPSA) is 59.2 Å². The van der Waals surface area contributed by atoms with Crippen LogP contribution in [0.2, 0.25) is 15.1 Å². The quantitative estimate of drug-likeness (QED) is 0.715. The molecule has 2 aromatic heterocycles. The molecule has 3 aromatic rings. The Hall–Kier alpha value is -1.49. The molecule has 1 aromatic carbocycles. The highest BCUT2D eigenvalue weighted by Crippen LogP contribution is 2.40. The van der Waals surface area contributed by atoms with Crippen LogP contribution in [0.4, 0.5) is 0 Å². The fourth-order valence-corrected chi connectivity index (χ4v) is 2.34. The van der Waals surface area contributed by atoms with Gasteiger partial charge in [0.15, 0.2) is 11.3 Å². The molecule has 2 heterocycles. The number of phenolic OH excluding ortho intramolecular Hbond substituents is 1. The molecule has 4 nitrogen and oxygen atoms in total. The fourth-order valence-electron chi connectivity index (χ4n) is 1.65. The summed E-state index contributed by atoms with van der Waals surface area (Å²) in [6.45, 7) is 0. The van der Waals surface area contributed by atoms with E-state index < -0.39 is 0 Å². The highest BCUT2D eigenvalue weighted by atomic mass is 35.5. The molecule has 0 aliphatic heterocycles. The van der Waals surface area contributed by atoms with Gasteiger partial charge in [-0.2, -0.15) is 0 Å².